The third-order valence-corrected chi connectivity index (χ3v) is 4.75. The molecule has 1 N–H and O–H groups in total. The second kappa shape index (κ2) is 13.9. The standard InChI is InChI=1S/C21H33FN4O.HI/c1-4-6-7-12-25(3)21(23-5-2)24-17-20(26-13-15-27-16-14-26)18-8-10-19(22)11-9-18;/h4,8-11,20H,1,5-7,12-17H2,2-3H3,(H,23,24);1H. The second-order valence-corrected chi connectivity index (χ2v) is 6.76. The summed E-state index contributed by atoms with van der Waals surface area (Å²) in [7, 11) is 2.06. The normalized spacial score (nSPS) is 16.2. The molecule has 0 saturated carbocycles. The maximum Gasteiger partial charge on any atom is 0.193 e. The van der Waals surface area contributed by atoms with Gasteiger partial charge in [-0.2, -0.15) is 0 Å². The summed E-state index contributed by atoms with van der Waals surface area (Å²) in [6, 6.07) is 6.90. The van der Waals surface area contributed by atoms with E-state index >= 15 is 0 Å². The van der Waals surface area contributed by atoms with E-state index in [9.17, 15) is 4.39 Å². The van der Waals surface area contributed by atoms with Crippen molar-refractivity contribution in [1.82, 2.24) is 15.1 Å². The van der Waals surface area contributed by atoms with Gasteiger partial charge in [-0.1, -0.05) is 18.2 Å². The Kier molecular flexibility index (Phi) is 12.3. The molecule has 1 saturated heterocycles. The van der Waals surface area contributed by atoms with Crippen molar-refractivity contribution >= 4 is 29.9 Å². The molecule has 0 aromatic heterocycles. The molecular weight excluding hydrogens is 470 g/mol. The zero-order valence-corrected chi connectivity index (χ0v) is 19.4. The molecule has 0 aliphatic carbocycles. The Bertz CT molecular complexity index is 591. The number of hydrogen-bond donors (Lipinski definition) is 1. The maximum absolute atomic E-state index is 13.4. The van der Waals surface area contributed by atoms with Crippen LogP contribution in [0.25, 0.3) is 0 Å². The van der Waals surface area contributed by atoms with Crippen molar-refractivity contribution in [2.75, 3.05) is 53.0 Å². The van der Waals surface area contributed by atoms with Gasteiger partial charge in [-0.25, -0.2) is 4.39 Å². The van der Waals surface area contributed by atoms with E-state index in [1.54, 1.807) is 0 Å². The lowest BCUT2D eigenvalue weighted by Gasteiger charge is -2.34. The van der Waals surface area contributed by atoms with Gasteiger partial charge in [0.15, 0.2) is 5.96 Å². The number of ether oxygens (including phenoxy) is 1. The minimum Gasteiger partial charge on any atom is -0.379 e. The first-order valence-electron chi connectivity index (χ1n) is 9.83. The number of rotatable bonds is 9. The van der Waals surface area contributed by atoms with Crippen molar-refractivity contribution in [3.8, 4) is 0 Å². The van der Waals surface area contributed by atoms with Crippen LogP contribution in [0.5, 0.6) is 0 Å². The molecule has 1 unspecified atom stereocenters. The zero-order valence-electron chi connectivity index (χ0n) is 17.1. The molecule has 1 fully saturated rings. The minimum atomic E-state index is -0.210. The van der Waals surface area contributed by atoms with E-state index < -0.39 is 0 Å². The van der Waals surface area contributed by atoms with E-state index in [0.29, 0.717) is 6.54 Å². The molecule has 1 aliphatic heterocycles. The fourth-order valence-electron chi connectivity index (χ4n) is 3.23. The summed E-state index contributed by atoms with van der Waals surface area (Å²) in [6.07, 6.45) is 3.99. The summed E-state index contributed by atoms with van der Waals surface area (Å²) in [5, 5.41) is 3.38. The molecule has 0 radical (unpaired) electrons. The first-order chi connectivity index (χ1) is 13.2. The molecule has 0 spiro atoms. The Balaban J connectivity index is 0.00000392. The summed E-state index contributed by atoms with van der Waals surface area (Å²) in [4.78, 5) is 9.43. The van der Waals surface area contributed by atoms with E-state index in [1.807, 2.05) is 18.2 Å². The van der Waals surface area contributed by atoms with E-state index in [0.717, 1.165) is 63.8 Å². The molecule has 0 amide bonds. The van der Waals surface area contributed by atoms with E-state index in [1.165, 1.54) is 12.1 Å². The van der Waals surface area contributed by atoms with Crippen LogP contribution in [0.2, 0.25) is 0 Å². The highest BCUT2D eigenvalue weighted by molar-refractivity contribution is 14.0. The van der Waals surface area contributed by atoms with Crippen molar-refractivity contribution in [3.63, 3.8) is 0 Å². The quantitative estimate of drug-likeness (QED) is 0.183. The number of benzene rings is 1. The number of aliphatic imine (C=N–C) groups is 1. The predicted molar refractivity (Wildman–Crippen MR) is 125 cm³/mol. The largest absolute Gasteiger partial charge is 0.379 e. The lowest BCUT2D eigenvalue weighted by atomic mass is 10.0. The fraction of sp³-hybridized carbons (Fsp3) is 0.571. The predicted octanol–water partition coefficient (Wildman–Crippen LogP) is 3.68. The van der Waals surface area contributed by atoms with Crippen LogP contribution in [-0.2, 0) is 4.74 Å². The van der Waals surface area contributed by atoms with Crippen LogP contribution in [0, 0.1) is 5.82 Å². The molecule has 2 rings (SSSR count). The van der Waals surface area contributed by atoms with Crippen molar-refractivity contribution in [2.45, 2.75) is 25.8 Å². The van der Waals surface area contributed by atoms with Gasteiger partial charge in [0.05, 0.1) is 25.8 Å². The minimum absolute atomic E-state index is 0. The summed E-state index contributed by atoms with van der Waals surface area (Å²) >= 11 is 0. The number of hydrogen-bond acceptors (Lipinski definition) is 3. The average Bonchev–Trinajstić information content (AvgIpc) is 2.69. The van der Waals surface area contributed by atoms with Gasteiger partial charge in [0.1, 0.15) is 5.82 Å². The highest BCUT2D eigenvalue weighted by atomic mass is 127. The van der Waals surface area contributed by atoms with E-state index in [2.05, 4.69) is 35.7 Å². The molecule has 5 nitrogen and oxygen atoms in total. The zero-order chi connectivity index (χ0) is 19.5. The van der Waals surface area contributed by atoms with Crippen molar-refractivity contribution in [2.24, 2.45) is 4.99 Å². The molecule has 158 valence electrons. The van der Waals surface area contributed by atoms with Gasteiger partial charge in [-0.05, 0) is 37.5 Å². The SMILES string of the molecule is C=CCCCN(C)C(=NCC(c1ccc(F)cc1)N1CCOCC1)NCC.I. The van der Waals surface area contributed by atoms with Gasteiger partial charge in [0, 0.05) is 33.2 Å². The molecule has 0 bridgehead atoms. The van der Waals surface area contributed by atoms with Gasteiger partial charge >= 0.3 is 0 Å². The lowest BCUT2D eigenvalue weighted by Crippen LogP contribution is -2.42. The number of nitrogens with one attached hydrogen (secondary N) is 1. The van der Waals surface area contributed by atoms with Crippen LogP contribution in [-0.4, -0.2) is 68.7 Å². The highest BCUT2D eigenvalue weighted by Crippen LogP contribution is 2.23. The van der Waals surface area contributed by atoms with Gasteiger partial charge < -0.3 is 15.0 Å². The Hall–Kier alpha value is -1.19. The molecule has 1 heterocycles. The van der Waals surface area contributed by atoms with E-state index in [4.69, 9.17) is 9.73 Å². The van der Waals surface area contributed by atoms with Crippen LogP contribution < -0.4 is 5.32 Å². The summed E-state index contributed by atoms with van der Waals surface area (Å²) in [5.41, 5.74) is 1.09. The molecule has 28 heavy (non-hydrogen) atoms. The van der Waals surface area contributed by atoms with E-state index in [-0.39, 0.29) is 35.8 Å². The number of nitrogens with zero attached hydrogens (tertiary/aromatic N) is 3. The third kappa shape index (κ3) is 8.05. The number of allylic oxidation sites excluding steroid dienone is 1. The number of halogens is 2. The first kappa shape index (κ1) is 24.8. The summed E-state index contributed by atoms with van der Waals surface area (Å²) in [6.45, 7) is 11.4. The van der Waals surface area contributed by atoms with Crippen LogP contribution in [0.1, 0.15) is 31.4 Å². The first-order valence-corrected chi connectivity index (χ1v) is 9.83. The molecule has 1 atom stereocenters. The number of unbranched alkanes of at least 4 members (excludes halogenated alkanes) is 1. The van der Waals surface area contributed by atoms with Crippen LogP contribution >= 0.6 is 24.0 Å². The summed E-state index contributed by atoms with van der Waals surface area (Å²) in [5.74, 6) is 0.695. The Morgan fingerprint density at radius 3 is 2.64 bits per heavy atom. The van der Waals surface area contributed by atoms with Crippen LogP contribution in [0.4, 0.5) is 4.39 Å². The average molecular weight is 504 g/mol. The van der Waals surface area contributed by atoms with Gasteiger partial charge in [-0.3, -0.25) is 9.89 Å². The van der Waals surface area contributed by atoms with Gasteiger partial charge in [-0.15, -0.1) is 30.6 Å². The molecular formula is C21H34FIN4O. The van der Waals surface area contributed by atoms with Crippen molar-refractivity contribution < 1.29 is 9.13 Å². The van der Waals surface area contributed by atoms with Crippen molar-refractivity contribution in [1.29, 1.82) is 0 Å². The second-order valence-electron chi connectivity index (χ2n) is 6.76. The van der Waals surface area contributed by atoms with Crippen LogP contribution in [0.3, 0.4) is 0 Å². The Labute approximate surface area is 186 Å². The molecule has 1 aliphatic rings. The van der Waals surface area contributed by atoms with Gasteiger partial charge in [0.25, 0.3) is 0 Å². The number of morpholine rings is 1. The maximum atomic E-state index is 13.4. The monoisotopic (exact) mass is 504 g/mol. The Morgan fingerprint density at radius 2 is 2.04 bits per heavy atom. The van der Waals surface area contributed by atoms with Crippen LogP contribution in [0.15, 0.2) is 41.9 Å². The fourth-order valence-corrected chi connectivity index (χ4v) is 3.23. The van der Waals surface area contributed by atoms with Crippen molar-refractivity contribution in [3.05, 3.63) is 48.3 Å². The molecule has 1 aromatic carbocycles. The number of guanidine groups is 1. The molecule has 7 heteroatoms. The van der Waals surface area contributed by atoms with Gasteiger partial charge in [0.2, 0.25) is 0 Å². The molecule has 1 aromatic rings. The third-order valence-electron chi connectivity index (χ3n) is 4.75. The Morgan fingerprint density at radius 1 is 1.36 bits per heavy atom. The smallest absolute Gasteiger partial charge is 0.193 e. The topological polar surface area (TPSA) is 40.1 Å². The summed E-state index contributed by atoms with van der Waals surface area (Å²) < 4.78 is 18.9. The highest BCUT2D eigenvalue weighted by Gasteiger charge is 2.23. The lowest BCUT2D eigenvalue weighted by molar-refractivity contribution is 0.0179.